The topological polar surface area (TPSA) is 64.9 Å². The highest BCUT2D eigenvalue weighted by Gasteiger charge is 2.51. The van der Waals surface area contributed by atoms with Crippen LogP contribution in [0.3, 0.4) is 0 Å². The van der Waals surface area contributed by atoms with Crippen molar-refractivity contribution in [1.82, 2.24) is 0 Å². The van der Waals surface area contributed by atoms with Gasteiger partial charge in [0.05, 0.1) is 0 Å². The Morgan fingerprint density at radius 2 is 2.14 bits per heavy atom. The van der Waals surface area contributed by atoms with E-state index in [1.165, 1.54) is 0 Å². The maximum absolute atomic E-state index is 10.0. The Balaban J connectivity index is 2.55. The summed E-state index contributed by atoms with van der Waals surface area (Å²) in [5.41, 5.74) is 2.90. The summed E-state index contributed by atoms with van der Waals surface area (Å²) in [5.74, 6) is -0.757. The van der Waals surface area contributed by atoms with Gasteiger partial charge in [-0.15, -0.1) is 0 Å². The number of quaternary nitrogens is 1. The minimum absolute atomic E-state index is 0.583. The zero-order valence-electron chi connectivity index (χ0n) is 3.98. The Kier molecular flexibility index (Phi) is 0.642. The Bertz CT molecular complexity index is 106. The zero-order valence-corrected chi connectivity index (χ0v) is 3.98. The van der Waals surface area contributed by atoms with E-state index in [9.17, 15) is 4.79 Å². The molecule has 0 heterocycles. The fourth-order valence-electron chi connectivity index (χ4n) is 0.365. The molecule has 1 rings (SSSR count). The molecule has 1 fully saturated rings. The number of rotatable bonds is 1. The van der Waals surface area contributed by atoms with Gasteiger partial charge in [0.25, 0.3) is 0 Å². The first kappa shape index (κ1) is 4.59. The van der Waals surface area contributed by atoms with Crippen LogP contribution in [0.2, 0.25) is 0 Å². The number of hydrogen-bond acceptors (Lipinski definition) is 1. The van der Waals surface area contributed by atoms with Crippen LogP contribution in [0.4, 0.5) is 0 Å². The third-order valence-electron chi connectivity index (χ3n) is 1.31. The highest BCUT2D eigenvalue weighted by atomic mass is 16.4. The van der Waals surface area contributed by atoms with Gasteiger partial charge in [0.15, 0.2) is 5.54 Å². The smallest absolute Gasteiger partial charge is 0.365 e. The van der Waals surface area contributed by atoms with Crippen molar-refractivity contribution in [3.8, 4) is 0 Å². The molecule has 0 unspecified atom stereocenters. The summed E-state index contributed by atoms with van der Waals surface area (Å²) in [7, 11) is 0. The fraction of sp³-hybridized carbons (Fsp3) is 0.750. The van der Waals surface area contributed by atoms with E-state index in [4.69, 9.17) is 5.11 Å². The average Bonchev–Trinajstić information content (AvgIpc) is 2.21. The largest absolute Gasteiger partial charge is 0.477 e. The van der Waals surface area contributed by atoms with E-state index in [0.29, 0.717) is 0 Å². The molecule has 0 atom stereocenters. The van der Waals surface area contributed by atoms with Crippen LogP contribution < -0.4 is 5.73 Å². The van der Waals surface area contributed by atoms with Crippen molar-refractivity contribution in [2.45, 2.75) is 18.4 Å². The van der Waals surface area contributed by atoms with Gasteiger partial charge in [-0.25, -0.2) is 4.79 Å². The van der Waals surface area contributed by atoms with Crippen molar-refractivity contribution in [1.29, 1.82) is 0 Å². The number of hydrogen-bond donors (Lipinski definition) is 2. The molecule has 0 aromatic rings. The van der Waals surface area contributed by atoms with Crippen LogP contribution in [0.25, 0.3) is 0 Å². The van der Waals surface area contributed by atoms with Gasteiger partial charge in [0.1, 0.15) is 0 Å². The first-order valence-corrected chi connectivity index (χ1v) is 2.24. The molecule has 0 radical (unpaired) electrons. The summed E-state index contributed by atoms with van der Waals surface area (Å²) >= 11 is 0. The predicted molar refractivity (Wildman–Crippen MR) is 22.5 cm³/mol. The summed E-state index contributed by atoms with van der Waals surface area (Å²) in [6.45, 7) is 0. The third-order valence-corrected chi connectivity index (χ3v) is 1.31. The average molecular weight is 102 g/mol. The van der Waals surface area contributed by atoms with Crippen LogP contribution in [0.1, 0.15) is 12.8 Å². The van der Waals surface area contributed by atoms with E-state index in [1.807, 2.05) is 0 Å². The van der Waals surface area contributed by atoms with E-state index in [0.717, 1.165) is 12.8 Å². The second-order valence-electron chi connectivity index (χ2n) is 2.09. The predicted octanol–water partition coefficient (Wildman–Crippen LogP) is -1.15. The molecule has 40 valence electrons. The van der Waals surface area contributed by atoms with Gasteiger partial charge in [-0.1, -0.05) is 0 Å². The zero-order chi connectivity index (χ0) is 5.49. The lowest BCUT2D eigenvalue weighted by molar-refractivity contribution is -0.424. The van der Waals surface area contributed by atoms with Crippen molar-refractivity contribution in [3.05, 3.63) is 0 Å². The molecule has 4 N–H and O–H groups in total. The normalized spacial score (nSPS) is 24.1. The van der Waals surface area contributed by atoms with E-state index in [2.05, 4.69) is 5.73 Å². The molecular formula is C4H8NO2+. The van der Waals surface area contributed by atoms with Crippen molar-refractivity contribution in [2.75, 3.05) is 0 Å². The Morgan fingerprint density at radius 1 is 1.71 bits per heavy atom. The SMILES string of the molecule is [NH3+]C1(C(=O)O)CC1. The minimum atomic E-state index is -0.757. The summed E-state index contributed by atoms with van der Waals surface area (Å²) in [4.78, 5) is 10.0. The molecule has 1 saturated carbocycles. The van der Waals surface area contributed by atoms with Gasteiger partial charge >= 0.3 is 5.97 Å². The lowest BCUT2D eigenvalue weighted by atomic mass is 10.3. The van der Waals surface area contributed by atoms with Crippen molar-refractivity contribution in [3.63, 3.8) is 0 Å². The van der Waals surface area contributed by atoms with Gasteiger partial charge in [0, 0.05) is 12.8 Å². The minimum Gasteiger partial charge on any atom is -0.477 e. The Labute approximate surface area is 41.1 Å². The van der Waals surface area contributed by atoms with Gasteiger partial charge in [0.2, 0.25) is 0 Å². The summed E-state index contributed by atoms with van der Waals surface area (Å²) in [5, 5.41) is 8.25. The van der Waals surface area contributed by atoms with Crippen molar-refractivity contribution >= 4 is 5.97 Å². The first-order valence-electron chi connectivity index (χ1n) is 2.24. The second-order valence-corrected chi connectivity index (χ2v) is 2.09. The molecule has 7 heavy (non-hydrogen) atoms. The summed E-state index contributed by atoms with van der Waals surface area (Å²) in [6.07, 6.45) is 1.50. The van der Waals surface area contributed by atoms with E-state index >= 15 is 0 Å². The Morgan fingerprint density at radius 3 is 2.14 bits per heavy atom. The van der Waals surface area contributed by atoms with Crippen molar-refractivity contribution < 1.29 is 15.6 Å². The molecule has 3 nitrogen and oxygen atoms in total. The van der Waals surface area contributed by atoms with Crippen LogP contribution >= 0.6 is 0 Å². The fourth-order valence-corrected chi connectivity index (χ4v) is 0.365. The number of aliphatic carboxylic acids is 1. The molecule has 1 aliphatic rings. The molecule has 0 spiro atoms. The van der Waals surface area contributed by atoms with Crippen LogP contribution in [0.15, 0.2) is 0 Å². The first-order chi connectivity index (χ1) is 3.15. The van der Waals surface area contributed by atoms with E-state index in [-0.39, 0.29) is 0 Å². The molecule has 1 aliphatic carbocycles. The number of carboxylic acid groups (broad SMARTS) is 1. The van der Waals surface area contributed by atoms with Gasteiger partial charge in [-0.2, -0.15) is 0 Å². The number of carbonyl (C=O) groups is 1. The molecule has 0 amide bonds. The molecule has 0 saturated heterocycles. The van der Waals surface area contributed by atoms with Crippen LogP contribution in [0, 0.1) is 0 Å². The third kappa shape index (κ3) is 0.587. The monoisotopic (exact) mass is 102 g/mol. The second kappa shape index (κ2) is 0.980. The molecule has 3 heteroatoms. The van der Waals surface area contributed by atoms with Gasteiger partial charge < -0.3 is 10.8 Å². The van der Waals surface area contributed by atoms with E-state index in [1.54, 1.807) is 0 Å². The molecule has 0 aromatic heterocycles. The molecule has 0 bridgehead atoms. The lowest BCUT2D eigenvalue weighted by Crippen LogP contribution is -2.67. The van der Waals surface area contributed by atoms with Gasteiger partial charge in [-0.05, 0) is 0 Å². The highest BCUT2D eigenvalue weighted by molar-refractivity contribution is 5.79. The maximum atomic E-state index is 10.0. The quantitative estimate of drug-likeness (QED) is 0.439. The maximum Gasteiger partial charge on any atom is 0.365 e. The summed E-state index contributed by atoms with van der Waals surface area (Å²) < 4.78 is 0. The van der Waals surface area contributed by atoms with E-state index < -0.39 is 11.5 Å². The molecular weight excluding hydrogens is 94.0 g/mol. The summed E-state index contributed by atoms with van der Waals surface area (Å²) in [6, 6.07) is 0. The molecule has 0 aromatic carbocycles. The molecule has 0 aliphatic heterocycles. The van der Waals surface area contributed by atoms with Crippen LogP contribution in [0.5, 0.6) is 0 Å². The number of carboxylic acids is 1. The van der Waals surface area contributed by atoms with Gasteiger partial charge in [-0.3, -0.25) is 0 Å². The van der Waals surface area contributed by atoms with Crippen molar-refractivity contribution in [2.24, 2.45) is 0 Å². The lowest BCUT2D eigenvalue weighted by Gasteiger charge is -1.91. The van der Waals surface area contributed by atoms with Crippen LogP contribution in [-0.2, 0) is 4.79 Å². The standard InChI is InChI=1S/C4H7NO2/c5-4(1-2-4)3(6)7/h1-2,5H2,(H,6,7)/p+1. The highest BCUT2D eigenvalue weighted by Crippen LogP contribution is 2.29. The van der Waals surface area contributed by atoms with Crippen LogP contribution in [-0.4, -0.2) is 16.6 Å². The Hall–Kier alpha value is -0.570.